The summed E-state index contributed by atoms with van der Waals surface area (Å²) in [6.45, 7) is 3.17. The first-order chi connectivity index (χ1) is 17.8. The van der Waals surface area contributed by atoms with Crippen LogP contribution in [0.4, 0.5) is 0 Å². The molecule has 6 N–H and O–H groups in total. The molecule has 1 aromatic carbocycles. The largest absolute Gasteiger partial charge is 0.507 e. The summed E-state index contributed by atoms with van der Waals surface area (Å²) in [4.78, 5) is 44.9. The lowest BCUT2D eigenvalue weighted by atomic mass is 9.53. The van der Waals surface area contributed by atoms with Gasteiger partial charge in [0.25, 0.3) is 0 Å². The number of Topliss-reactive ketones (excluding diaryl/α,β-unsaturated/α-hetero) is 3. The van der Waals surface area contributed by atoms with Crippen LogP contribution in [0.15, 0.2) is 35.2 Å². The van der Waals surface area contributed by atoms with Gasteiger partial charge in [-0.3, -0.25) is 24.2 Å². The summed E-state index contributed by atoms with van der Waals surface area (Å²) in [7, 11) is 3.12. The Morgan fingerprint density at radius 2 is 1.76 bits per heavy atom. The normalized spacial score (nSPS) is 34.8. The summed E-state index contributed by atoms with van der Waals surface area (Å²) in [6.07, 6.45) is 1.77. The number of rotatable bonds is 4. The molecule has 11 nitrogen and oxygen atoms in total. The number of aromatic hydroxyl groups is 1. The lowest BCUT2D eigenvalue weighted by Gasteiger charge is -2.53. The number of nitrogens with zero attached hydrogens (tertiary/aromatic N) is 2. The molecule has 5 atom stereocenters. The highest BCUT2D eigenvalue weighted by Crippen LogP contribution is 2.56. The van der Waals surface area contributed by atoms with E-state index in [1.54, 1.807) is 14.1 Å². The molecule has 3 fully saturated rings. The van der Waals surface area contributed by atoms with E-state index >= 15 is 0 Å². The predicted molar refractivity (Wildman–Crippen MR) is 135 cm³/mol. The Morgan fingerprint density at radius 1 is 1.11 bits per heavy atom. The molecule has 204 valence electrons. The minimum absolute atomic E-state index is 0.159. The van der Waals surface area contributed by atoms with Crippen molar-refractivity contribution in [1.29, 1.82) is 0 Å². The van der Waals surface area contributed by atoms with Crippen molar-refractivity contribution >= 4 is 23.1 Å². The molecule has 1 saturated heterocycles. The fraction of sp³-hybridized carbons (Fsp3) is 0.519. The van der Waals surface area contributed by atoms with Gasteiger partial charge in [-0.1, -0.05) is 12.1 Å². The van der Waals surface area contributed by atoms with Gasteiger partial charge in [0.2, 0.25) is 11.6 Å². The summed E-state index contributed by atoms with van der Waals surface area (Å²) in [5, 5.41) is 58.6. The van der Waals surface area contributed by atoms with E-state index in [0.29, 0.717) is 0 Å². The molecule has 0 aromatic heterocycles. The van der Waals surface area contributed by atoms with Crippen molar-refractivity contribution in [2.45, 2.75) is 43.4 Å². The van der Waals surface area contributed by atoms with Crippen LogP contribution in [0.5, 0.6) is 5.75 Å². The van der Waals surface area contributed by atoms with Crippen LogP contribution < -0.4 is 5.32 Å². The minimum atomic E-state index is -2.79. The van der Waals surface area contributed by atoms with Crippen LogP contribution in [0.25, 0.3) is 5.76 Å². The van der Waals surface area contributed by atoms with Crippen molar-refractivity contribution in [3.8, 4) is 5.75 Å². The van der Waals surface area contributed by atoms with E-state index in [4.69, 9.17) is 0 Å². The number of likely N-dealkylation sites (N-methyl/N-ethyl adjacent to an activating group) is 1. The molecule has 0 spiro atoms. The van der Waals surface area contributed by atoms with E-state index in [-0.39, 0.29) is 30.0 Å². The third-order valence-electron chi connectivity index (χ3n) is 8.66. The zero-order valence-electron chi connectivity index (χ0n) is 21.6. The number of carbonyl (C=O) groups excluding carboxylic acids is 3. The van der Waals surface area contributed by atoms with E-state index in [0.717, 1.165) is 25.9 Å². The number of hydrogen-bond acceptors (Lipinski definition) is 11. The molecular weight excluding hydrogens is 494 g/mol. The minimum Gasteiger partial charge on any atom is -0.507 e. The second-order valence-electron chi connectivity index (χ2n) is 11.1. The number of aliphatic hydroxyl groups excluding tert-OH is 2. The van der Waals surface area contributed by atoms with Crippen LogP contribution in [-0.2, 0) is 20.0 Å². The van der Waals surface area contributed by atoms with Crippen LogP contribution in [0, 0.1) is 11.8 Å². The molecule has 2 saturated carbocycles. The number of likely N-dealkylation sites (tertiary alicyclic amines) is 1. The molecule has 38 heavy (non-hydrogen) atoms. The highest BCUT2D eigenvalue weighted by atomic mass is 16.3. The van der Waals surface area contributed by atoms with E-state index in [1.165, 1.54) is 30.0 Å². The zero-order valence-corrected chi connectivity index (χ0v) is 21.6. The highest BCUT2D eigenvalue weighted by molar-refractivity contribution is 6.35. The Labute approximate surface area is 219 Å². The maximum atomic E-state index is 14.0. The van der Waals surface area contributed by atoms with E-state index < -0.39 is 69.2 Å². The predicted octanol–water partition coefficient (Wildman–Crippen LogP) is 0.313. The molecule has 1 aliphatic heterocycles. The first-order valence-corrected chi connectivity index (χ1v) is 12.7. The first-order valence-electron chi connectivity index (χ1n) is 12.7. The summed E-state index contributed by atoms with van der Waals surface area (Å²) >= 11 is 0. The van der Waals surface area contributed by atoms with Gasteiger partial charge in [-0.25, -0.2) is 0 Å². The summed E-state index contributed by atoms with van der Waals surface area (Å²) in [6, 6.07) is 3.11. The topological polar surface area (TPSA) is 171 Å². The number of carbonyl (C=O) groups is 3. The van der Waals surface area contributed by atoms with Gasteiger partial charge in [0.05, 0.1) is 23.9 Å². The monoisotopic (exact) mass is 527 g/mol. The molecule has 3 aliphatic carbocycles. The average Bonchev–Trinajstić information content (AvgIpc) is 3.37. The molecule has 1 aromatic rings. The van der Waals surface area contributed by atoms with E-state index in [9.17, 15) is 39.9 Å². The number of ketones is 3. The summed E-state index contributed by atoms with van der Waals surface area (Å²) < 4.78 is 0. The molecule has 11 heteroatoms. The first kappa shape index (κ1) is 26.4. The Morgan fingerprint density at radius 3 is 2.39 bits per heavy atom. The van der Waals surface area contributed by atoms with Crippen molar-refractivity contribution in [2.75, 3.05) is 33.9 Å². The van der Waals surface area contributed by atoms with Crippen LogP contribution in [0.2, 0.25) is 0 Å². The van der Waals surface area contributed by atoms with Crippen molar-refractivity contribution in [1.82, 2.24) is 15.1 Å². The summed E-state index contributed by atoms with van der Waals surface area (Å²) in [5.41, 5.74) is -5.65. The van der Waals surface area contributed by atoms with Gasteiger partial charge in [0.15, 0.2) is 17.3 Å². The third kappa shape index (κ3) is 3.53. The van der Waals surface area contributed by atoms with E-state index in [2.05, 4.69) is 5.32 Å². The smallest absolute Gasteiger partial charge is 0.211 e. The fourth-order valence-electron chi connectivity index (χ4n) is 6.69. The zero-order chi connectivity index (χ0) is 27.7. The van der Waals surface area contributed by atoms with Crippen LogP contribution in [0.3, 0.4) is 0 Å². The number of phenolic OH excluding ortho intramolecular Hbond substituents is 1. The number of phenols is 1. The van der Waals surface area contributed by atoms with Crippen LogP contribution in [-0.4, -0.2) is 98.2 Å². The molecule has 1 heterocycles. The van der Waals surface area contributed by atoms with Gasteiger partial charge in [-0.05, 0) is 65.0 Å². The lowest BCUT2D eigenvalue weighted by molar-refractivity contribution is -0.169. The second-order valence-corrected chi connectivity index (χ2v) is 11.1. The Balaban J connectivity index is 1.65. The van der Waals surface area contributed by atoms with Gasteiger partial charge < -0.3 is 30.8 Å². The standard InChI is InChI=1S/C27H33N3O8/c1-26(37)13-7-6-8-16(31)17(13)21(32)18-14(26)11-15-20(29(2)3)22(33)19(24(35)27(15,38)23(18)34)25(36)28-12-30-9-4-5-10-30/h6-8,14-15,20,28,31-32,36-38H,4-5,9-12H2,1-3H3/b25-19-/t14-,15-,20-,26+,27-/m0/s1. The Hall–Kier alpha value is -3.25. The average molecular weight is 528 g/mol. The maximum absolute atomic E-state index is 14.0. The highest BCUT2D eigenvalue weighted by Gasteiger charge is 2.68. The quantitative estimate of drug-likeness (QED) is 0.138. The Bertz CT molecular complexity index is 1290. The third-order valence-corrected chi connectivity index (χ3v) is 8.66. The molecule has 0 unspecified atom stereocenters. The van der Waals surface area contributed by atoms with Crippen molar-refractivity contribution in [2.24, 2.45) is 11.8 Å². The van der Waals surface area contributed by atoms with Crippen LogP contribution in [0.1, 0.15) is 37.3 Å². The van der Waals surface area contributed by atoms with Gasteiger partial charge in [0, 0.05) is 17.4 Å². The number of benzene rings is 1. The Kier molecular flexibility index (Phi) is 6.18. The van der Waals surface area contributed by atoms with Gasteiger partial charge in [-0.2, -0.15) is 0 Å². The molecule has 0 amide bonds. The van der Waals surface area contributed by atoms with Crippen molar-refractivity contribution in [3.05, 3.63) is 46.4 Å². The molecule has 0 bridgehead atoms. The molecule has 5 rings (SSSR count). The second kappa shape index (κ2) is 8.91. The molecule has 4 aliphatic rings. The number of aliphatic hydroxyl groups is 4. The van der Waals surface area contributed by atoms with Gasteiger partial charge in [0.1, 0.15) is 17.1 Å². The molecular formula is C27H33N3O8. The van der Waals surface area contributed by atoms with Crippen molar-refractivity contribution in [3.63, 3.8) is 0 Å². The van der Waals surface area contributed by atoms with Crippen LogP contribution >= 0.6 is 0 Å². The van der Waals surface area contributed by atoms with Crippen molar-refractivity contribution < 1.29 is 39.9 Å². The van der Waals surface area contributed by atoms with Gasteiger partial charge in [-0.15, -0.1) is 0 Å². The summed E-state index contributed by atoms with van der Waals surface area (Å²) in [5.74, 6) is -7.27. The van der Waals surface area contributed by atoms with E-state index in [1.807, 2.05) is 4.90 Å². The fourth-order valence-corrected chi connectivity index (χ4v) is 6.69. The number of fused-ring (bicyclic) bond motifs is 3. The number of hydrogen-bond donors (Lipinski definition) is 6. The van der Waals surface area contributed by atoms with Gasteiger partial charge >= 0.3 is 0 Å². The maximum Gasteiger partial charge on any atom is 0.211 e. The SMILES string of the molecule is CN(C)[C@@H]1C(=O)/C(=C(/O)NCN2CCCC2)C(=O)[C@@]2(O)C(=O)C3=C(O)c4c(O)cccc4[C@@](C)(O)[C@H]3C[C@@H]12. The number of nitrogens with one attached hydrogen (secondary N) is 1. The lowest BCUT2D eigenvalue weighted by Crippen LogP contribution is -2.70. The molecule has 0 radical (unpaired) electrons.